The maximum absolute atomic E-state index is 11.7. The van der Waals surface area contributed by atoms with Crippen molar-refractivity contribution < 1.29 is 9.59 Å². The molecule has 2 rings (SSSR count). The van der Waals surface area contributed by atoms with Gasteiger partial charge >= 0.3 is 0 Å². The van der Waals surface area contributed by atoms with Gasteiger partial charge in [-0.2, -0.15) is 0 Å². The molecule has 0 bridgehead atoms. The maximum Gasteiger partial charge on any atom is 0.237 e. The van der Waals surface area contributed by atoms with Gasteiger partial charge in [0.1, 0.15) is 0 Å². The molecule has 1 heterocycles. The molecule has 2 amide bonds. The summed E-state index contributed by atoms with van der Waals surface area (Å²) in [7, 11) is 0. The fourth-order valence-corrected chi connectivity index (χ4v) is 2.39. The van der Waals surface area contributed by atoms with E-state index in [0.29, 0.717) is 6.42 Å². The predicted molar refractivity (Wildman–Crippen MR) is 52.3 cm³/mol. The van der Waals surface area contributed by atoms with Crippen LogP contribution in [0.4, 0.5) is 0 Å². The molecule has 0 radical (unpaired) electrons. The van der Waals surface area contributed by atoms with Gasteiger partial charge in [-0.3, -0.25) is 14.9 Å². The smallest absolute Gasteiger partial charge is 0.237 e. The first-order valence-corrected chi connectivity index (χ1v) is 4.84. The molecule has 2 aliphatic rings. The summed E-state index contributed by atoms with van der Waals surface area (Å²) in [5.74, 6) is -0.470. The van der Waals surface area contributed by atoms with Crippen LogP contribution in [0.15, 0.2) is 24.8 Å². The molecule has 1 saturated heterocycles. The summed E-state index contributed by atoms with van der Waals surface area (Å²) < 4.78 is 0. The second-order valence-corrected chi connectivity index (χ2v) is 3.88. The SMILES string of the molecule is C=CCC12C=CCCC1C(=O)NC2=O. The summed E-state index contributed by atoms with van der Waals surface area (Å²) in [5.41, 5.74) is -0.628. The number of rotatable bonds is 2. The highest BCUT2D eigenvalue weighted by molar-refractivity contribution is 6.08. The molecule has 0 aromatic rings. The first-order chi connectivity index (χ1) is 6.70. The monoisotopic (exact) mass is 191 g/mol. The summed E-state index contributed by atoms with van der Waals surface area (Å²) in [6.45, 7) is 3.64. The van der Waals surface area contributed by atoms with Crippen LogP contribution in [-0.4, -0.2) is 11.8 Å². The lowest BCUT2D eigenvalue weighted by molar-refractivity contribution is -0.127. The average Bonchev–Trinajstić information content (AvgIpc) is 2.41. The number of fused-ring (bicyclic) bond motifs is 1. The number of allylic oxidation sites excluding steroid dienone is 2. The van der Waals surface area contributed by atoms with Crippen LogP contribution in [0.3, 0.4) is 0 Å². The van der Waals surface area contributed by atoms with Gasteiger partial charge in [0.2, 0.25) is 11.8 Å². The maximum atomic E-state index is 11.7. The molecule has 14 heavy (non-hydrogen) atoms. The largest absolute Gasteiger partial charge is 0.295 e. The summed E-state index contributed by atoms with van der Waals surface area (Å²) in [5, 5.41) is 2.41. The highest BCUT2D eigenvalue weighted by Gasteiger charge is 2.53. The van der Waals surface area contributed by atoms with E-state index in [4.69, 9.17) is 0 Å². The van der Waals surface area contributed by atoms with Crippen molar-refractivity contribution in [3.63, 3.8) is 0 Å². The third kappa shape index (κ3) is 1.05. The minimum Gasteiger partial charge on any atom is -0.295 e. The molecular weight excluding hydrogens is 178 g/mol. The van der Waals surface area contributed by atoms with Crippen LogP contribution in [0.25, 0.3) is 0 Å². The Morgan fingerprint density at radius 2 is 2.43 bits per heavy atom. The van der Waals surface area contributed by atoms with Crippen LogP contribution in [-0.2, 0) is 9.59 Å². The number of nitrogens with one attached hydrogen (secondary N) is 1. The van der Waals surface area contributed by atoms with E-state index in [0.717, 1.165) is 12.8 Å². The van der Waals surface area contributed by atoms with Crippen LogP contribution in [0.2, 0.25) is 0 Å². The standard InChI is InChI=1S/C11H13NO2/c1-2-6-11-7-4-3-5-8(11)9(13)12-10(11)14/h2,4,7-8H,1,3,5-6H2,(H,12,13,14). The topological polar surface area (TPSA) is 46.2 Å². The van der Waals surface area contributed by atoms with Gasteiger partial charge in [-0.05, 0) is 19.3 Å². The Balaban J connectivity index is 2.43. The van der Waals surface area contributed by atoms with Crippen molar-refractivity contribution in [2.45, 2.75) is 19.3 Å². The van der Waals surface area contributed by atoms with E-state index < -0.39 is 5.41 Å². The van der Waals surface area contributed by atoms with Crippen LogP contribution in [0, 0.1) is 11.3 Å². The number of carbonyl (C=O) groups is 2. The van der Waals surface area contributed by atoms with E-state index in [9.17, 15) is 9.59 Å². The van der Waals surface area contributed by atoms with Gasteiger partial charge in [0.15, 0.2) is 0 Å². The summed E-state index contributed by atoms with van der Waals surface area (Å²) >= 11 is 0. The van der Waals surface area contributed by atoms with Gasteiger partial charge in [0.25, 0.3) is 0 Å². The summed E-state index contributed by atoms with van der Waals surface area (Å²) in [6.07, 6.45) is 7.76. The third-order valence-electron chi connectivity index (χ3n) is 3.12. The lowest BCUT2D eigenvalue weighted by Gasteiger charge is -2.29. The molecule has 0 saturated carbocycles. The Morgan fingerprint density at radius 3 is 3.14 bits per heavy atom. The third-order valence-corrected chi connectivity index (χ3v) is 3.12. The fourth-order valence-electron chi connectivity index (χ4n) is 2.39. The molecule has 0 spiro atoms. The molecule has 1 aliphatic carbocycles. The van der Waals surface area contributed by atoms with Gasteiger partial charge < -0.3 is 0 Å². The quantitative estimate of drug-likeness (QED) is 0.526. The Hall–Kier alpha value is -1.38. The van der Waals surface area contributed by atoms with Crippen molar-refractivity contribution in [2.75, 3.05) is 0 Å². The Kier molecular flexibility index (Phi) is 2.02. The first-order valence-electron chi connectivity index (χ1n) is 4.84. The lowest BCUT2D eigenvalue weighted by atomic mass is 9.69. The molecule has 0 aromatic carbocycles. The Bertz CT molecular complexity index is 332. The molecule has 1 aliphatic heterocycles. The fraction of sp³-hybridized carbons (Fsp3) is 0.455. The predicted octanol–water partition coefficient (Wildman–Crippen LogP) is 1.17. The number of hydrogen-bond donors (Lipinski definition) is 1. The zero-order valence-electron chi connectivity index (χ0n) is 7.95. The van der Waals surface area contributed by atoms with Crippen molar-refractivity contribution in [3.05, 3.63) is 24.8 Å². The normalized spacial score (nSPS) is 35.3. The van der Waals surface area contributed by atoms with Crippen molar-refractivity contribution in [1.29, 1.82) is 0 Å². The molecule has 3 heteroatoms. The zero-order chi connectivity index (χ0) is 10.2. The van der Waals surface area contributed by atoms with Gasteiger partial charge in [0, 0.05) is 0 Å². The molecule has 74 valence electrons. The average molecular weight is 191 g/mol. The van der Waals surface area contributed by atoms with Gasteiger partial charge in [-0.15, -0.1) is 6.58 Å². The van der Waals surface area contributed by atoms with E-state index >= 15 is 0 Å². The van der Waals surface area contributed by atoms with Gasteiger partial charge in [-0.1, -0.05) is 18.2 Å². The molecule has 0 aromatic heterocycles. The highest BCUT2D eigenvalue weighted by Crippen LogP contribution is 2.43. The number of amides is 2. The molecule has 1 fully saturated rings. The van der Waals surface area contributed by atoms with Crippen molar-refractivity contribution in [1.82, 2.24) is 5.32 Å². The van der Waals surface area contributed by atoms with E-state index in [1.807, 2.05) is 12.2 Å². The van der Waals surface area contributed by atoms with Crippen molar-refractivity contribution in [2.24, 2.45) is 11.3 Å². The minimum atomic E-state index is -0.628. The zero-order valence-corrected chi connectivity index (χ0v) is 7.95. The molecule has 2 atom stereocenters. The minimum absolute atomic E-state index is 0.124. The van der Waals surface area contributed by atoms with Crippen LogP contribution in [0.1, 0.15) is 19.3 Å². The number of hydrogen-bond acceptors (Lipinski definition) is 2. The highest BCUT2D eigenvalue weighted by atomic mass is 16.2. The van der Waals surface area contributed by atoms with E-state index in [-0.39, 0.29) is 17.7 Å². The lowest BCUT2D eigenvalue weighted by Crippen LogP contribution is -2.34. The van der Waals surface area contributed by atoms with Crippen molar-refractivity contribution in [3.8, 4) is 0 Å². The van der Waals surface area contributed by atoms with Crippen LogP contribution >= 0.6 is 0 Å². The van der Waals surface area contributed by atoms with Gasteiger partial charge in [0.05, 0.1) is 11.3 Å². The van der Waals surface area contributed by atoms with Crippen LogP contribution in [0.5, 0.6) is 0 Å². The van der Waals surface area contributed by atoms with E-state index in [2.05, 4.69) is 11.9 Å². The second kappa shape index (κ2) is 3.08. The van der Waals surface area contributed by atoms with Crippen molar-refractivity contribution >= 4 is 11.8 Å². The molecule has 3 nitrogen and oxygen atoms in total. The van der Waals surface area contributed by atoms with E-state index in [1.54, 1.807) is 6.08 Å². The summed E-state index contributed by atoms with van der Waals surface area (Å²) in [6, 6.07) is 0. The Labute approximate surface area is 82.9 Å². The second-order valence-electron chi connectivity index (χ2n) is 3.88. The van der Waals surface area contributed by atoms with Crippen LogP contribution < -0.4 is 5.32 Å². The van der Waals surface area contributed by atoms with E-state index in [1.165, 1.54) is 0 Å². The molecule has 1 N–H and O–H groups in total. The summed E-state index contributed by atoms with van der Waals surface area (Å²) in [4.78, 5) is 23.2. The van der Waals surface area contributed by atoms with Gasteiger partial charge in [-0.25, -0.2) is 0 Å². The Morgan fingerprint density at radius 1 is 1.64 bits per heavy atom. The number of carbonyl (C=O) groups excluding carboxylic acids is 2. The molecule has 2 unspecified atom stereocenters. The first kappa shape index (κ1) is 9.19. The number of imide groups is 1. The molecular formula is C11H13NO2.